The van der Waals surface area contributed by atoms with Crippen LogP contribution in [0, 0.1) is 0 Å². The molecule has 1 amide bonds. The monoisotopic (exact) mass is 353 g/mol. The molecule has 1 atom stereocenters. The Morgan fingerprint density at radius 3 is 2.39 bits per heavy atom. The van der Waals surface area contributed by atoms with Crippen LogP contribution in [0.15, 0.2) is 36.4 Å². The van der Waals surface area contributed by atoms with Crippen molar-refractivity contribution in [2.45, 2.75) is 13.0 Å². The Kier molecular flexibility index (Phi) is 5.74. The SMILES string of the molecule is COc1ccc(C(=O)NC(C)c2ccc(Cl)c(Cl)c2)c(OC)c1. The molecule has 4 nitrogen and oxygen atoms in total. The minimum absolute atomic E-state index is 0.232. The summed E-state index contributed by atoms with van der Waals surface area (Å²) in [4.78, 5) is 12.5. The van der Waals surface area contributed by atoms with Crippen molar-refractivity contribution in [3.05, 3.63) is 57.6 Å². The van der Waals surface area contributed by atoms with Gasteiger partial charge in [0, 0.05) is 6.07 Å². The molecule has 1 N–H and O–H groups in total. The Labute approximate surface area is 145 Å². The average Bonchev–Trinajstić information content (AvgIpc) is 2.56. The molecule has 0 aliphatic heterocycles. The largest absolute Gasteiger partial charge is 0.497 e. The van der Waals surface area contributed by atoms with Gasteiger partial charge < -0.3 is 14.8 Å². The average molecular weight is 354 g/mol. The van der Waals surface area contributed by atoms with E-state index in [0.717, 1.165) is 5.56 Å². The van der Waals surface area contributed by atoms with E-state index >= 15 is 0 Å². The minimum Gasteiger partial charge on any atom is -0.497 e. The van der Waals surface area contributed by atoms with Gasteiger partial charge in [-0.15, -0.1) is 0 Å². The molecule has 0 saturated carbocycles. The highest BCUT2D eigenvalue weighted by Crippen LogP contribution is 2.27. The van der Waals surface area contributed by atoms with Crippen LogP contribution in [0.5, 0.6) is 11.5 Å². The van der Waals surface area contributed by atoms with Gasteiger partial charge in [-0.3, -0.25) is 4.79 Å². The number of rotatable bonds is 5. The van der Waals surface area contributed by atoms with E-state index in [1.165, 1.54) is 7.11 Å². The molecule has 2 aromatic carbocycles. The van der Waals surface area contributed by atoms with E-state index in [1.807, 2.05) is 13.0 Å². The summed E-state index contributed by atoms with van der Waals surface area (Å²) in [6.45, 7) is 1.87. The van der Waals surface area contributed by atoms with Crippen LogP contribution in [-0.4, -0.2) is 20.1 Å². The normalized spacial score (nSPS) is 11.7. The fourth-order valence-corrected chi connectivity index (χ4v) is 2.43. The second kappa shape index (κ2) is 7.57. The lowest BCUT2D eigenvalue weighted by molar-refractivity contribution is 0.0937. The van der Waals surface area contributed by atoms with Crippen molar-refractivity contribution >= 4 is 29.1 Å². The first-order valence-corrected chi connectivity index (χ1v) is 7.69. The standard InChI is InChI=1S/C17H17Cl2NO3/c1-10(11-4-7-14(18)15(19)8-11)20-17(21)13-6-5-12(22-2)9-16(13)23-3/h4-10H,1-3H3,(H,20,21). The predicted octanol–water partition coefficient (Wildman–Crippen LogP) is 4.50. The van der Waals surface area contributed by atoms with Gasteiger partial charge in [0.05, 0.1) is 35.9 Å². The molecule has 0 fully saturated rings. The number of hydrogen-bond acceptors (Lipinski definition) is 3. The summed E-state index contributed by atoms with van der Waals surface area (Å²) in [5, 5.41) is 3.84. The maximum Gasteiger partial charge on any atom is 0.255 e. The molecular formula is C17H17Cl2NO3. The molecule has 2 rings (SSSR count). The Balaban J connectivity index is 2.19. The van der Waals surface area contributed by atoms with Crippen LogP contribution in [0.2, 0.25) is 10.0 Å². The molecule has 0 bridgehead atoms. The Morgan fingerprint density at radius 2 is 1.78 bits per heavy atom. The Bertz CT molecular complexity index is 719. The van der Waals surface area contributed by atoms with Crippen molar-refractivity contribution in [1.29, 1.82) is 0 Å². The van der Waals surface area contributed by atoms with Crippen molar-refractivity contribution in [3.63, 3.8) is 0 Å². The van der Waals surface area contributed by atoms with Crippen LogP contribution in [0.3, 0.4) is 0 Å². The molecule has 122 valence electrons. The van der Waals surface area contributed by atoms with Crippen LogP contribution in [-0.2, 0) is 0 Å². The summed E-state index contributed by atoms with van der Waals surface area (Å²) in [7, 11) is 3.06. The number of carbonyl (C=O) groups excluding carboxylic acids is 1. The Hall–Kier alpha value is -1.91. The predicted molar refractivity (Wildman–Crippen MR) is 91.9 cm³/mol. The van der Waals surface area contributed by atoms with Crippen LogP contribution < -0.4 is 14.8 Å². The van der Waals surface area contributed by atoms with Crippen molar-refractivity contribution in [3.8, 4) is 11.5 Å². The minimum atomic E-state index is -0.247. The van der Waals surface area contributed by atoms with Gasteiger partial charge in [-0.2, -0.15) is 0 Å². The molecule has 0 saturated heterocycles. The van der Waals surface area contributed by atoms with Crippen LogP contribution in [0.4, 0.5) is 0 Å². The topological polar surface area (TPSA) is 47.6 Å². The molecule has 0 aliphatic rings. The number of hydrogen-bond donors (Lipinski definition) is 1. The number of ether oxygens (including phenoxy) is 2. The molecular weight excluding hydrogens is 337 g/mol. The third-order valence-corrected chi connectivity index (χ3v) is 4.18. The molecule has 0 radical (unpaired) electrons. The van der Waals surface area contributed by atoms with E-state index in [1.54, 1.807) is 37.4 Å². The quantitative estimate of drug-likeness (QED) is 0.860. The summed E-state index contributed by atoms with van der Waals surface area (Å²) in [6.07, 6.45) is 0. The summed E-state index contributed by atoms with van der Waals surface area (Å²) >= 11 is 11.9. The van der Waals surface area contributed by atoms with Gasteiger partial charge in [0.15, 0.2) is 0 Å². The van der Waals surface area contributed by atoms with Crippen LogP contribution in [0.1, 0.15) is 28.9 Å². The van der Waals surface area contributed by atoms with E-state index in [0.29, 0.717) is 27.1 Å². The molecule has 23 heavy (non-hydrogen) atoms. The molecule has 1 unspecified atom stereocenters. The van der Waals surface area contributed by atoms with E-state index in [-0.39, 0.29) is 11.9 Å². The lowest BCUT2D eigenvalue weighted by Gasteiger charge is -2.16. The lowest BCUT2D eigenvalue weighted by Crippen LogP contribution is -2.27. The molecule has 6 heteroatoms. The van der Waals surface area contributed by atoms with E-state index in [2.05, 4.69) is 5.32 Å². The molecule has 0 spiro atoms. The maximum absolute atomic E-state index is 12.5. The number of amides is 1. The molecule has 0 aliphatic carbocycles. The zero-order valence-electron chi connectivity index (χ0n) is 13.0. The fraction of sp³-hybridized carbons (Fsp3) is 0.235. The van der Waals surface area contributed by atoms with Gasteiger partial charge in [-0.1, -0.05) is 29.3 Å². The van der Waals surface area contributed by atoms with Gasteiger partial charge in [0.1, 0.15) is 11.5 Å². The number of nitrogens with one attached hydrogen (secondary N) is 1. The zero-order valence-corrected chi connectivity index (χ0v) is 14.5. The van der Waals surface area contributed by atoms with Gasteiger partial charge in [-0.25, -0.2) is 0 Å². The third kappa shape index (κ3) is 4.09. The van der Waals surface area contributed by atoms with Crippen LogP contribution >= 0.6 is 23.2 Å². The van der Waals surface area contributed by atoms with Gasteiger partial charge >= 0.3 is 0 Å². The third-order valence-electron chi connectivity index (χ3n) is 3.44. The number of carbonyl (C=O) groups is 1. The van der Waals surface area contributed by atoms with Gasteiger partial charge in [-0.05, 0) is 36.8 Å². The van der Waals surface area contributed by atoms with Crippen molar-refractivity contribution < 1.29 is 14.3 Å². The maximum atomic E-state index is 12.5. The van der Waals surface area contributed by atoms with Crippen LogP contribution in [0.25, 0.3) is 0 Å². The fourth-order valence-electron chi connectivity index (χ4n) is 2.13. The zero-order chi connectivity index (χ0) is 17.0. The lowest BCUT2D eigenvalue weighted by atomic mass is 10.1. The highest BCUT2D eigenvalue weighted by atomic mass is 35.5. The second-order valence-electron chi connectivity index (χ2n) is 4.93. The van der Waals surface area contributed by atoms with E-state index in [9.17, 15) is 4.79 Å². The first-order chi connectivity index (χ1) is 11.0. The van der Waals surface area contributed by atoms with E-state index in [4.69, 9.17) is 32.7 Å². The first-order valence-electron chi connectivity index (χ1n) is 6.94. The Morgan fingerprint density at radius 1 is 1.04 bits per heavy atom. The summed E-state index contributed by atoms with van der Waals surface area (Å²) in [6, 6.07) is 10.1. The first kappa shape index (κ1) is 17.4. The molecule has 0 heterocycles. The summed E-state index contributed by atoms with van der Waals surface area (Å²) in [5.41, 5.74) is 1.29. The van der Waals surface area contributed by atoms with Crippen molar-refractivity contribution in [1.82, 2.24) is 5.32 Å². The smallest absolute Gasteiger partial charge is 0.255 e. The van der Waals surface area contributed by atoms with Gasteiger partial charge in [0.2, 0.25) is 0 Å². The van der Waals surface area contributed by atoms with Crippen molar-refractivity contribution in [2.75, 3.05) is 14.2 Å². The number of halogens is 2. The molecule has 2 aromatic rings. The van der Waals surface area contributed by atoms with E-state index < -0.39 is 0 Å². The van der Waals surface area contributed by atoms with Gasteiger partial charge in [0.25, 0.3) is 5.91 Å². The number of benzene rings is 2. The summed E-state index contributed by atoms with van der Waals surface area (Å²) in [5.74, 6) is 0.821. The second-order valence-corrected chi connectivity index (χ2v) is 5.75. The number of methoxy groups -OCH3 is 2. The van der Waals surface area contributed by atoms with Crippen molar-refractivity contribution in [2.24, 2.45) is 0 Å². The highest BCUT2D eigenvalue weighted by Gasteiger charge is 2.16. The highest BCUT2D eigenvalue weighted by molar-refractivity contribution is 6.42. The molecule has 0 aromatic heterocycles. The summed E-state index contributed by atoms with van der Waals surface area (Å²) < 4.78 is 10.4.